The Morgan fingerprint density at radius 1 is 0.434 bits per heavy atom. The fraction of sp³-hybridized carbons (Fsp3) is 0.776. The third kappa shape index (κ3) is 54.7. The Balaban J connectivity index is 0.825. The van der Waals surface area contributed by atoms with Crippen molar-refractivity contribution in [3.63, 3.8) is 0 Å². The molecule has 2 aromatic carbocycles. The van der Waals surface area contributed by atoms with Crippen LogP contribution in [0.25, 0.3) is 17.1 Å². The van der Waals surface area contributed by atoms with Gasteiger partial charge in [-0.05, 0) is 74.8 Å². The molecule has 1 aliphatic heterocycles. The van der Waals surface area contributed by atoms with Crippen LogP contribution in [0.1, 0.15) is 96.4 Å². The van der Waals surface area contributed by atoms with Gasteiger partial charge in [-0.2, -0.15) is 8.42 Å². The van der Waals surface area contributed by atoms with Gasteiger partial charge in [-0.3, -0.25) is 14.1 Å². The third-order valence-corrected chi connectivity index (χ3v) is 19.9. The highest BCUT2D eigenvalue weighted by molar-refractivity contribution is 7.85. The minimum atomic E-state index is -4.42. The monoisotopic (exact) mass is 1800 g/mol. The molecule has 1 amide bonds. The molecule has 3 aromatic rings. The number of imidazole rings is 1. The maximum atomic E-state index is 12.8. The summed E-state index contributed by atoms with van der Waals surface area (Å²) in [4.78, 5) is 26.2. The first-order valence-corrected chi connectivity index (χ1v) is 45.3. The normalized spacial score (nSPS) is 13.2. The van der Waals surface area contributed by atoms with E-state index in [4.69, 9.17) is 137 Å². The second-order valence-corrected chi connectivity index (χ2v) is 30.3. The van der Waals surface area contributed by atoms with Crippen LogP contribution in [-0.2, 0) is 152 Å². The van der Waals surface area contributed by atoms with Crippen molar-refractivity contribution >= 4 is 68.0 Å². The molecule has 3 N–H and O–H groups in total. The van der Waals surface area contributed by atoms with Crippen molar-refractivity contribution < 1.29 is 146 Å². The summed E-state index contributed by atoms with van der Waals surface area (Å²) in [6.07, 6.45) is 12.7. The number of allylic oxidation sites excluding steroid dienone is 3. The number of aryl methyl sites for hydroxylation is 2. The lowest BCUT2D eigenvalue weighted by atomic mass is 9.83. The van der Waals surface area contributed by atoms with Crippen molar-refractivity contribution in [2.45, 2.75) is 108 Å². The van der Waals surface area contributed by atoms with E-state index < -0.39 is 21.5 Å². The molecule has 0 saturated heterocycles. The van der Waals surface area contributed by atoms with Crippen LogP contribution in [-0.4, -0.2) is 365 Å². The predicted molar refractivity (Wildman–Crippen MR) is 459 cm³/mol. The molecule has 0 bridgehead atoms. The van der Waals surface area contributed by atoms with Gasteiger partial charge in [0.15, 0.2) is 11.0 Å². The number of carboxylic acids is 1. The predicted octanol–water partition coefficient (Wildman–Crippen LogP) is 8.33. The van der Waals surface area contributed by atoms with Gasteiger partial charge in [-0.15, -0.1) is 0 Å². The smallest absolute Gasteiger partial charge is 0.303 e. The lowest BCUT2D eigenvalue weighted by Gasteiger charge is -2.27. The number of amides is 1. The molecule has 1 aliphatic rings. The molecule has 122 heavy (non-hydrogen) atoms. The molecule has 2 heterocycles. The van der Waals surface area contributed by atoms with E-state index in [1.165, 1.54) is 6.07 Å². The number of carbonyl (C=O) groups is 2. The summed E-state index contributed by atoms with van der Waals surface area (Å²) in [5.41, 5.74) is 3.87. The number of anilines is 1. The summed E-state index contributed by atoms with van der Waals surface area (Å²) < 4.78 is 171. The maximum absolute atomic E-state index is 12.8. The first-order valence-electron chi connectivity index (χ1n) is 43.2. The number of nitrogens with zero attached hydrogens (tertiary/aromatic N) is 3. The molecule has 704 valence electrons. The van der Waals surface area contributed by atoms with Crippen molar-refractivity contribution in [2.75, 3.05) is 336 Å². The number of ether oxygens (including phenoxy) is 24. The van der Waals surface area contributed by atoms with Crippen LogP contribution < -0.4 is 14.8 Å². The second kappa shape index (κ2) is 75.6. The topological polar surface area (TPSA) is 354 Å². The van der Waals surface area contributed by atoms with E-state index in [9.17, 15) is 27.7 Å². The number of carboxylic acid groups (broad SMARTS) is 1. The zero-order valence-electron chi connectivity index (χ0n) is 73.1. The minimum Gasteiger partial charge on any atom is -0.481 e. The zero-order chi connectivity index (χ0) is 87.6. The van der Waals surface area contributed by atoms with E-state index in [0.29, 0.717) is 359 Å². The first kappa shape index (κ1) is 110. The first-order chi connectivity index (χ1) is 59.7. The number of methoxy groups -OCH3 is 1. The van der Waals surface area contributed by atoms with Gasteiger partial charge in [0.2, 0.25) is 5.91 Å². The van der Waals surface area contributed by atoms with E-state index in [-0.39, 0.29) is 17.2 Å². The van der Waals surface area contributed by atoms with Crippen molar-refractivity contribution in [2.24, 2.45) is 0 Å². The molecule has 0 aliphatic carbocycles. The summed E-state index contributed by atoms with van der Waals surface area (Å²) in [6.45, 7) is 30.7. The second-order valence-electron chi connectivity index (χ2n) is 28.1. The summed E-state index contributed by atoms with van der Waals surface area (Å²) >= 11 is 13.3. The van der Waals surface area contributed by atoms with Gasteiger partial charge in [0.1, 0.15) is 0 Å². The summed E-state index contributed by atoms with van der Waals surface area (Å²) in [5, 5.41) is 13.1. The number of rotatable bonds is 90. The lowest BCUT2D eigenvalue weighted by molar-refractivity contribution is -0.674. The number of aliphatic carboxylic acids is 1. The van der Waals surface area contributed by atoms with Gasteiger partial charge in [0, 0.05) is 68.0 Å². The van der Waals surface area contributed by atoms with Gasteiger partial charge >= 0.3 is 5.97 Å². The van der Waals surface area contributed by atoms with Crippen LogP contribution in [0.3, 0.4) is 0 Å². The Morgan fingerprint density at radius 3 is 1.11 bits per heavy atom. The molecule has 0 unspecified atom stereocenters. The Labute approximate surface area is 733 Å². The SMILES string of the molecule is CCCCN1C(=CC=Cc2n(CCCCCC(=O)O)c3cc(Cl)c(Cl)cc3[n+]2CCCCCC(=O)NCCOCCOCCOCCOCCOCCOCCOCCOCCOCCOCCOCCOCCOCCOCCOCCOCCOCCOCCOCCOCCOCCOCCOCCOC)C(C)(C)c2cc(S(=O)(=O)O)ccc21. The zero-order valence-corrected chi connectivity index (χ0v) is 75.4. The van der Waals surface area contributed by atoms with E-state index >= 15 is 0 Å². The fourth-order valence-electron chi connectivity index (χ4n) is 12.0. The highest BCUT2D eigenvalue weighted by Crippen LogP contribution is 2.48. The van der Waals surface area contributed by atoms with Gasteiger partial charge in [0.05, 0.1) is 339 Å². The number of fused-ring (bicyclic) bond motifs is 2. The number of hydrogen-bond donors (Lipinski definition) is 3. The molecular formula is C85H145Cl2N4O30S+. The number of nitrogens with one attached hydrogen (secondary N) is 1. The molecule has 0 spiro atoms. The number of halogens is 2. The van der Waals surface area contributed by atoms with Crippen LogP contribution in [0.5, 0.6) is 0 Å². The number of unbranched alkanes of at least 4 members (excludes halogenated alkanes) is 5. The average Bonchev–Trinajstić information content (AvgIpc) is 1.59. The quantitative estimate of drug-likeness (QED) is 0.0271. The Bertz CT molecular complexity index is 3240. The number of benzene rings is 2. The fourth-order valence-corrected chi connectivity index (χ4v) is 12.8. The van der Waals surface area contributed by atoms with Crippen molar-refractivity contribution in [1.82, 2.24) is 9.88 Å². The molecule has 4 rings (SSSR count). The molecule has 0 radical (unpaired) electrons. The standard InChI is InChI=1S/C85H144Cl2N4O30S/c1-5-6-21-89-78-19-18-74(122(95,96)97)71-75(78)85(2,3)81(89)14-13-16-83-90(79-72-76(86)77(87)73-80(79)91(83)23-12-8-10-17-84(93)94)22-11-7-9-15-82(92)88-20-24-99-27-28-101-31-32-103-35-36-105-39-40-107-43-44-109-47-48-111-51-52-113-55-56-115-59-60-117-63-64-119-67-68-121-70-69-120-66-65-118-62-61-116-58-57-114-54-53-112-50-49-110-46-45-108-42-41-106-38-37-104-34-33-102-30-29-100-26-25-98-4/h13-14,16,18-19,71-73H,5-12,15,17,20-70H2,1-4H3,(H2-,88,92,93,94,95,96,97)/p+1. The summed E-state index contributed by atoms with van der Waals surface area (Å²) in [7, 11) is -2.77. The third-order valence-electron chi connectivity index (χ3n) is 18.3. The summed E-state index contributed by atoms with van der Waals surface area (Å²) in [6, 6.07) is 8.52. The van der Waals surface area contributed by atoms with Crippen LogP contribution in [0.15, 0.2) is 53.1 Å². The Kier molecular flexibility index (Phi) is 68.2. The number of aromatic nitrogens is 2. The van der Waals surface area contributed by atoms with E-state index in [1.54, 1.807) is 19.2 Å². The molecule has 0 saturated carbocycles. The molecule has 37 heteroatoms. The molecule has 34 nitrogen and oxygen atoms in total. The Hall–Kier alpha value is -4.34. The molecule has 0 atom stereocenters. The van der Waals surface area contributed by atoms with E-state index in [2.05, 4.69) is 52.3 Å². The van der Waals surface area contributed by atoms with Gasteiger partial charge < -0.3 is 129 Å². The van der Waals surface area contributed by atoms with Crippen LogP contribution >= 0.6 is 23.2 Å². The Morgan fingerprint density at radius 2 is 0.770 bits per heavy atom. The average molecular weight is 1810 g/mol. The number of carbonyl (C=O) groups excluding carboxylic acids is 1. The van der Waals surface area contributed by atoms with Crippen molar-refractivity contribution in [1.29, 1.82) is 0 Å². The largest absolute Gasteiger partial charge is 0.481 e. The van der Waals surface area contributed by atoms with Crippen molar-refractivity contribution in [3.05, 3.63) is 69.6 Å². The van der Waals surface area contributed by atoms with Gasteiger partial charge in [0.25, 0.3) is 15.9 Å². The van der Waals surface area contributed by atoms with E-state index in [1.807, 2.05) is 18.2 Å². The van der Waals surface area contributed by atoms with Gasteiger partial charge in [-0.25, -0.2) is 9.13 Å². The molecule has 0 fully saturated rings. The van der Waals surface area contributed by atoms with Crippen LogP contribution in [0, 0.1) is 0 Å². The number of hydrogen-bond acceptors (Lipinski definition) is 29. The maximum Gasteiger partial charge on any atom is 0.303 e. The van der Waals surface area contributed by atoms with Gasteiger partial charge in [-0.1, -0.05) is 56.5 Å². The van der Waals surface area contributed by atoms with Crippen LogP contribution in [0.2, 0.25) is 10.0 Å². The highest BCUT2D eigenvalue weighted by atomic mass is 35.5. The molecular weight excluding hydrogens is 1660 g/mol. The van der Waals surface area contributed by atoms with Crippen LogP contribution in [0.4, 0.5) is 5.69 Å². The summed E-state index contributed by atoms with van der Waals surface area (Å²) in [5.74, 6) is 0.0231. The molecule has 1 aromatic heterocycles. The minimum absolute atomic E-state index is 0.0489. The van der Waals surface area contributed by atoms with E-state index in [0.717, 1.165) is 78.9 Å². The van der Waals surface area contributed by atoms with Crippen molar-refractivity contribution in [3.8, 4) is 0 Å². The highest BCUT2D eigenvalue weighted by Gasteiger charge is 2.40. The lowest BCUT2D eigenvalue weighted by Crippen LogP contribution is -2.36.